The van der Waals surface area contributed by atoms with Gasteiger partial charge in [-0.3, -0.25) is 16.0 Å². The van der Waals surface area contributed by atoms with E-state index in [2.05, 4.69) is 0 Å². The molecule has 0 aliphatic rings. The van der Waals surface area contributed by atoms with Crippen LogP contribution in [-0.2, 0) is 10.0 Å². The van der Waals surface area contributed by atoms with Gasteiger partial charge in [0.15, 0.2) is 0 Å². The monoisotopic (exact) mass is 245 g/mol. The molecule has 0 atom stereocenters. The number of nitro groups is 1. The summed E-state index contributed by atoms with van der Waals surface area (Å²) in [4.78, 5) is 11.6. The molecule has 88 valence electrons. The lowest BCUT2D eigenvalue weighted by Gasteiger charge is -2.09. The zero-order valence-corrected chi connectivity index (χ0v) is 9.54. The number of hydrazine groups is 1. The molecule has 0 amide bonds. The molecular weight excluding hydrogens is 234 g/mol. The highest BCUT2D eigenvalue weighted by Gasteiger charge is 2.21. The van der Waals surface area contributed by atoms with Crippen LogP contribution in [0.4, 0.5) is 5.69 Å². The number of nitrogens with two attached hydrogens (primary N) is 1. The van der Waals surface area contributed by atoms with Crippen molar-refractivity contribution in [3.8, 4) is 0 Å². The van der Waals surface area contributed by atoms with Crippen LogP contribution in [0.15, 0.2) is 17.0 Å². The van der Waals surface area contributed by atoms with E-state index >= 15 is 0 Å². The van der Waals surface area contributed by atoms with E-state index in [9.17, 15) is 18.5 Å². The summed E-state index contributed by atoms with van der Waals surface area (Å²) in [6.07, 6.45) is 0. The molecule has 3 N–H and O–H groups in total. The number of hydrogen-bond acceptors (Lipinski definition) is 5. The molecule has 8 heteroatoms. The fourth-order valence-electron chi connectivity index (χ4n) is 1.52. The van der Waals surface area contributed by atoms with E-state index < -0.39 is 14.9 Å². The second-order valence-electron chi connectivity index (χ2n) is 3.29. The Balaban J connectivity index is 3.52. The summed E-state index contributed by atoms with van der Waals surface area (Å²) < 4.78 is 23.0. The van der Waals surface area contributed by atoms with Gasteiger partial charge in [-0.1, -0.05) is 0 Å². The van der Waals surface area contributed by atoms with E-state index in [1.165, 1.54) is 26.0 Å². The molecule has 0 unspecified atom stereocenters. The number of hydrogen-bond donors (Lipinski definition) is 2. The van der Waals surface area contributed by atoms with E-state index in [4.69, 9.17) is 5.84 Å². The third-order valence-electron chi connectivity index (χ3n) is 2.08. The highest BCUT2D eigenvalue weighted by atomic mass is 32.2. The van der Waals surface area contributed by atoms with Gasteiger partial charge in [-0.25, -0.2) is 8.42 Å². The fraction of sp³-hybridized carbons (Fsp3) is 0.250. The maximum Gasteiger partial charge on any atom is 0.270 e. The first-order valence-corrected chi connectivity index (χ1v) is 5.76. The van der Waals surface area contributed by atoms with Gasteiger partial charge in [0.1, 0.15) is 0 Å². The highest BCUT2D eigenvalue weighted by Crippen LogP contribution is 2.24. The predicted octanol–water partition coefficient (Wildman–Crippen LogP) is 0.364. The smallest absolute Gasteiger partial charge is 0.258 e. The summed E-state index contributed by atoms with van der Waals surface area (Å²) in [5.74, 6) is 4.90. The standard InChI is InChI=1S/C8H11N3O4S/c1-5-3-7(11(12)13)4-6(2)8(5)16(14,15)10-9/h3-4,10H,9H2,1-2H3. The Kier molecular flexibility index (Phi) is 3.27. The molecule has 1 aromatic rings. The Morgan fingerprint density at radius 2 is 1.75 bits per heavy atom. The predicted molar refractivity (Wildman–Crippen MR) is 57.1 cm³/mol. The molecule has 16 heavy (non-hydrogen) atoms. The van der Waals surface area contributed by atoms with Crippen LogP contribution in [0.5, 0.6) is 0 Å². The number of nitro benzene ring substituents is 1. The van der Waals surface area contributed by atoms with E-state index in [-0.39, 0.29) is 21.7 Å². The summed E-state index contributed by atoms with van der Waals surface area (Å²) in [6.45, 7) is 2.95. The largest absolute Gasteiger partial charge is 0.270 e. The lowest BCUT2D eigenvalue weighted by Crippen LogP contribution is -2.31. The number of benzene rings is 1. The first-order chi connectivity index (χ1) is 7.29. The SMILES string of the molecule is Cc1cc([N+](=O)[O-])cc(C)c1S(=O)(=O)NN. The van der Waals surface area contributed by atoms with Gasteiger partial charge < -0.3 is 0 Å². The van der Waals surface area contributed by atoms with Crippen LogP contribution >= 0.6 is 0 Å². The molecule has 0 spiro atoms. The van der Waals surface area contributed by atoms with Crippen molar-refractivity contribution in [2.24, 2.45) is 5.84 Å². The molecule has 0 saturated heterocycles. The van der Waals surface area contributed by atoms with Gasteiger partial charge in [0.05, 0.1) is 9.82 Å². The normalized spacial score (nSPS) is 11.4. The van der Waals surface area contributed by atoms with Crippen LogP contribution in [-0.4, -0.2) is 13.3 Å². The number of non-ortho nitro benzene ring substituents is 1. The lowest BCUT2D eigenvalue weighted by molar-refractivity contribution is -0.385. The van der Waals surface area contributed by atoms with Gasteiger partial charge in [-0.15, -0.1) is 0 Å². The van der Waals surface area contributed by atoms with Gasteiger partial charge in [-0.2, -0.15) is 4.83 Å². The quantitative estimate of drug-likeness (QED) is 0.453. The van der Waals surface area contributed by atoms with Crippen molar-refractivity contribution < 1.29 is 13.3 Å². The molecule has 1 aromatic carbocycles. The molecular formula is C8H11N3O4S. The molecule has 0 aromatic heterocycles. The van der Waals surface area contributed by atoms with Crippen molar-refractivity contribution >= 4 is 15.7 Å². The molecule has 0 fully saturated rings. The van der Waals surface area contributed by atoms with Crippen molar-refractivity contribution in [2.45, 2.75) is 18.7 Å². The van der Waals surface area contributed by atoms with E-state index in [1.807, 2.05) is 0 Å². The molecule has 0 bridgehead atoms. The first kappa shape index (κ1) is 12.6. The molecule has 7 nitrogen and oxygen atoms in total. The van der Waals surface area contributed by atoms with Gasteiger partial charge in [-0.05, 0) is 25.0 Å². The maximum atomic E-state index is 11.5. The van der Waals surface area contributed by atoms with Gasteiger partial charge in [0.25, 0.3) is 15.7 Å². The van der Waals surface area contributed by atoms with Crippen molar-refractivity contribution in [2.75, 3.05) is 0 Å². The average molecular weight is 245 g/mol. The Morgan fingerprint density at radius 1 is 1.31 bits per heavy atom. The number of rotatable bonds is 3. The van der Waals surface area contributed by atoms with Crippen LogP contribution < -0.4 is 10.7 Å². The third-order valence-corrected chi connectivity index (χ3v) is 3.57. The lowest BCUT2D eigenvalue weighted by atomic mass is 10.1. The molecule has 0 radical (unpaired) electrons. The minimum Gasteiger partial charge on any atom is -0.258 e. The third kappa shape index (κ3) is 2.18. The van der Waals surface area contributed by atoms with E-state index in [0.717, 1.165) is 0 Å². The Labute approximate surface area is 92.4 Å². The average Bonchev–Trinajstić information content (AvgIpc) is 2.16. The second-order valence-corrected chi connectivity index (χ2v) is 4.94. The first-order valence-electron chi connectivity index (χ1n) is 4.27. The van der Waals surface area contributed by atoms with Crippen LogP contribution in [0.1, 0.15) is 11.1 Å². The van der Waals surface area contributed by atoms with E-state index in [0.29, 0.717) is 0 Å². The minimum atomic E-state index is -3.80. The Hall–Kier alpha value is -1.51. The van der Waals surface area contributed by atoms with Gasteiger partial charge >= 0.3 is 0 Å². The molecule has 0 heterocycles. The molecule has 1 rings (SSSR count). The van der Waals surface area contributed by atoms with E-state index in [1.54, 1.807) is 4.83 Å². The second kappa shape index (κ2) is 4.16. The summed E-state index contributed by atoms with van der Waals surface area (Å²) in [5.41, 5.74) is 0.417. The number of aryl methyl sites for hydroxylation is 2. The number of nitrogens with zero attached hydrogens (tertiary/aromatic N) is 1. The Morgan fingerprint density at radius 3 is 2.06 bits per heavy atom. The number of sulfonamides is 1. The minimum absolute atomic E-state index is 0.0272. The van der Waals surface area contributed by atoms with Crippen molar-refractivity contribution in [3.05, 3.63) is 33.4 Å². The van der Waals surface area contributed by atoms with Crippen molar-refractivity contribution in [1.29, 1.82) is 0 Å². The topological polar surface area (TPSA) is 115 Å². The molecule has 0 aliphatic carbocycles. The maximum absolute atomic E-state index is 11.5. The summed E-state index contributed by atoms with van der Waals surface area (Å²) in [7, 11) is -3.80. The highest BCUT2D eigenvalue weighted by molar-refractivity contribution is 7.89. The summed E-state index contributed by atoms with van der Waals surface area (Å²) >= 11 is 0. The fourth-order valence-corrected chi connectivity index (χ4v) is 2.60. The summed E-state index contributed by atoms with van der Waals surface area (Å²) in [5, 5.41) is 10.6. The van der Waals surface area contributed by atoms with Crippen LogP contribution in [0.2, 0.25) is 0 Å². The summed E-state index contributed by atoms with van der Waals surface area (Å²) in [6, 6.07) is 2.38. The zero-order valence-electron chi connectivity index (χ0n) is 8.72. The van der Waals surface area contributed by atoms with Crippen LogP contribution in [0, 0.1) is 24.0 Å². The zero-order chi connectivity index (χ0) is 12.5. The molecule has 0 aliphatic heterocycles. The van der Waals surface area contributed by atoms with Crippen LogP contribution in [0.25, 0.3) is 0 Å². The number of nitrogens with one attached hydrogen (secondary N) is 1. The van der Waals surface area contributed by atoms with Crippen molar-refractivity contribution in [1.82, 2.24) is 4.83 Å². The molecule has 0 saturated carbocycles. The van der Waals surface area contributed by atoms with Gasteiger partial charge in [0.2, 0.25) is 0 Å². The Bertz CT molecular complexity index is 515. The van der Waals surface area contributed by atoms with Gasteiger partial charge in [0, 0.05) is 12.1 Å². The van der Waals surface area contributed by atoms with Crippen molar-refractivity contribution in [3.63, 3.8) is 0 Å². The van der Waals surface area contributed by atoms with Crippen LogP contribution in [0.3, 0.4) is 0 Å².